The summed E-state index contributed by atoms with van der Waals surface area (Å²) in [5, 5.41) is 3.23. The molecule has 0 aromatic heterocycles. The summed E-state index contributed by atoms with van der Waals surface area (Å²) in [4.78, 5) is 15.0. The number of benzene rings is 1. The molecule has 2 fully saturated rings. The van der Waals surface area contributed by atoms with Gasteiger partial charge in [0.1, 0.15) is 0 Å². The number of aryl methyl sites for hydroxylation is 1. The van der Waals surface area contributed by atoms with Crippen LogP contribution in [0.15, 0.2) is 29.2 Å². The molecule has 1 amide bonds. The van der Waals surface area contributed by atoms with Gasteiger partial charge in [-0.2, -0.15) is 4.31 Å². The summed E-state index contributed by atoms with van der Waals surface area (Å²) in [5.74, 6) is -0.0853. The molecule has 0 unspecified atom stereocenters. The molecule has 1 aliphatic carbocycles. The smallest absolute Gasteiger partial charge is 0.244 e. The van der Waals surface area contributed by atoms with Crippen molar-refractivity contribution < 1.29 is 13.2 Å². The summed E-state index contributed by atoms with van der Waals surface area (Å²) in [6.45, 7) is 4.57. The van der Waals surface area contributed by atoms with E-state index < -0.39 is 10.0 Å². The van der Waals surface area contributed by atoms with Crippen LogP contribution in [0.25, 0.3) is 0 Å². The molecule has 2 aliphatic rings. The van der Waals surface area contributed by atoms with E-state index in [4.69, 9.17) is 0 Å². The third-order valence-electron chi connectivity index (χ3n) is 5.67. The predicted octanol–water partition coefficient (Wildman–Crippen LogP) is 2.14. The fourth-order valence-electron chi connectivity index (χ4n) is 4.08. The number of nitrogens with zero attached hydrogens (tertiary/aromatic N) is 2. The Morgan fingerprint density at radius 2 is 1.74 bits per heavy atom. The third kappa shape index (κ3) is 4.89. The van der Waals surface area contributed by atoms with Gasteiger partial charge in [-0.25, -0.2) is 8.42 Å². The first-order chi connectivity index (χ1) is 13.0. The lowest BCUT2D eigenvalue weighted by Crippen LogP contribution is -2.52. The Morgan fingerprint density at radius 1 is 1.11 bits per heavy atom. The molecule has 1 saturated heterocycles. The first-order valence-electron chi connectivity index (χ1n) is 10.1. The van der Waals surface area contributed by atoms with Crippen LogP contribution >= 0.6 is 0 Å². The van der Waals surface area contributed by atoms with E-state index >= 15 is 0 Å². The number of amides is 1. The molecule has 0 bridgehead atoms. The monoisotopic (exact) mass is 393 g/mol. The Morgan fingerprint density at radius 3 is 2.37 bits per heavy atom. The van der Waals surface area contributed by atoms with E-state index in [0.29, 0.717) is 18.0 Å². The highest BCUT2D eigenvalue weighted by atomic mass is 32.2. The lowest BCUT2D eigenvalue weighted by molar-refractivity contribution is -0.132. The van der Waals surface area contributed by atoms with E-state index in [1.54, 1.807) is 17.0 Å². The van der Waals surface area contributed by atoms with E-state index in [0.717, 1.165) is 57.2 Å². The van der Waals surface area contributed by atoms with Gasteiger partial charge in [0.2, 0.25) is 15.9 Å². The number of carbonyl (C=O) groups excluding carboxylic acids is 1. The Bertz CT molecular complexity index is 737. The van der Waals surface area contributed by atoms with Gasteiger partial charge in [-0.05, 0) is 31.4 Å². The minimum Gasteiger partial charge on any atom is -0.339 e. The second kappa shape index (κ2) is 9.17. The van der Waals surface area contributed by atoms with Gasteiger partial charge in [0.15, 0.2) is 0 Å². The van der Waals surface area contributed by atoms with E-state index in [1.165, 1.54) is 4.31 Å². The SMILES string of the molecule is Cc1ccccc1S(=O)(=O)N(CC(=O)N1CCNCC1)C1CCCCCC1. The normalized spacial score (nSPS) is 19.9. The molecule has 7 heteroatoms. The lowest BCUT2D eigenvalue weighted by atomic mass is 10.1. The lowest BCUT2D eigenvalue weighted by Gasteiger charge is -2.34. The Balaban J connectivity index is 1.89. The van der Waals surface area contributed by atoms with Crippen molar-refractivity contribution in [3.8, 4) is 0 Å². The summed E-state index contributed by atoms with van der Waals surface area (Å²) >= 11 is 0. The van der Waals surface area contributed by atoms with E-state index in [-0.39, 0.29) is 18.5 Å². The average molecular weight is 394 g/mol. The molecule has 1 aliphatic heterocycles. The predicted molar refractivity (Wildman–Crippen MR) is 106 cm³/mol. The summed E-state index contributed by atoms with van der Waals surface area (Å²) in [5.41, 5.74) is 0.728. The van der Waals surface area contributed by atoms with Crippen molar-refractivity contribution in [1.82, 2.24) is 14.5 Å². The first-order valence-corrected chi connectivity index (χ1v) is 11.5. The van der Waals surface area contributed by atoms with Gasteiger partial charge < -0.3 is 10.2 Å². The van der Waals surface area contributed by atoms with Crippen molar-refractivity contribution in [3.05, 3.63) is 29.8 Å². The minimum absolute atomic E-state index is 0.0542. The zero-order valence-corrected chi connectivity index (χ0v) is 17.0. The molecule has 1 aromatic carbocycles. The Hall–Kier alpha value is -1.44. The Kier molecular flexibility index (Phi) is 6.89. The zero-order chi connectivity index (χ0) is 19.3. The number of carbonyl (C=O) groups is 1. The number of hydrogen-bond donors (Lipinski definition) is 1. The van der Waals surface area contributed by atoms with Crippen molar-refractivity contribution in [1.29, 1.82) is 0 Å². The van der Waals surface area contributed by atoms with Crippen LogP contribution in [0.1, 0.15) is 44.1 Å². The van der Waals surface area contributed by atoms with Crippen LogP contribution in [0, 0.1) is 6.92 Å². The molecule has 1 N–H and O–H groups in total. The molecule has 27 heavy (non-hydrogen) atoms. The zero-order valence-electron chi connectivity index (χ0n) is 16.2. The summed E-state index contributed by atoms with van der Waals surface area (Å²) < 4.78 is 28.6. The maximum atomic E-state index is 13.5. The highest BCUT2D eigenvalue weighted by Gasteiger charge is 2.35. The highest BCUT2D eigenvalue weighted by molar-refractivity contribution is 7.89. The van der Waals surface area contributed by atoms with Crippen molar-refractivity contribution in [2.75, 3.05) is 32.7 Å². The molecule has 0 radical (unpaired) electrons. The number of nitrogens with one attached hydrogen (secondary N) is 1. The van der Waals surface area contributed by atoms with Crippen LogP contribution in [0.4, 0.5) is 0 Å². The number of sulfonamides is 1. The second-order valence-electron chi connectivity index (χ2n) is 7.59. The van der Waals surface area contributed by atoms with Gasteiger partial charge in [0.05, 0.1) is 11.4 Å². The van der Waals surface area contributed by atoms with Gasteiger partial charge in [-0.3, -0.25) is 4.79 Å². The van der Waals surface area contributed by atoms with Crippen LogP contribution in [-0.2, 0) is 14.8 Å². The molecule has 0 atom stereocenters. The van der Waals surface area contributed by atoms with Crippen molar-refractivity contribution in [2.24, 2.45) is 0 Å². The molecule has 6 nitrogen and oxygen atoms in total. The molecule has 1 aromatic rings. The number of rotatable bonds is 5. The fourth-order valence-corrected chi connectivity index (χ4v) is 5.94. The van der Waals surface area contributed by atoms with E-state index in [1.807, 2.05) is 19.1 Å². The maximum absolute atomic E-state index is 13.5. The molecular weight excluding hydrogens is 362 g/mol. The topological polar surface area (TPSA) is 69.7 Å². The summed E-state index contributed by atoms with van der Waals surface area (Å²) in [6, 6.07) is 6.98. The van der Waals surface area contributed by atoms with Crippen molar-refractivity contribution >= 4 is 15.9 Å². The van der Waals surface area contributed by atoms with Crippen LogP contribution in [-0.4, -0.2) is 62.3 Å². The summed E-state index contributed by atoms with van der Waals surface area (Å²) in [6.07, 6.45) is 5.99. The summed E-state index contributed by atoms with van der Waals surface area (Å²) in [7, 11) is -3.71. The maximum Gasteiger partial charge on any atom is 0.244 e. The molecular formula is C20H31N3O3S. The minimum atomic E-state index is -3.71. The van der Waals surface area contributed by atoms with Crippen molar-refractivity contribution in [2.45, 2.75) is 56.4 Å². The van der Waals surface area contributed by atoms with Crippen LogP contribution in [0.3, 0.4) is 0 Å². The van der Waals surface area contributed by atoms with Crippen LogP contribution in [0.5, 0.6) is 0 Å². The highest BCUT2D eigenvalue weighted by Crippen LogP contribution is 2.28. The average Bonchev–Trinajstić information content (AvgIpc) is 2.96. The molecule has 150 valence electrons. The number of piperazine rings is 1. The third-order valence-corrected chi connectivity index (χ3v) is 7.73. The molecule has 0 spiro atoms. The fraction of sp³-hybridized carbons (Fsp3) is 0.650. The number of hydrogen-bond acceptors (Lipinski definition) is 4. The van der Waals surface area contributed by atoms with Gasteiger partial charge in [0, 0.05) is 32.2 Å². The van der Waals surface area contributed by atoms with E-state index in [9.17, 15) is 13.2 Å². The van der Waals surface area contributed by atoms with Gasteiger partial charge in [-0.1, -0.05) is 43.9 Å². The molecule has 1 saturated carbocycles. The molecule has 3 rings (SSSR count). The van der Waals surface area contributed by atoms with E-state index in [2.05, 4.69) is 5.32 Å². The van der Waals surface area contributed by atoms with Crippen LogP contribution in [0.2, 0.25) is 0 Å². The van der Waals surface area contributed by atoms with Crippen LogP contribution < -0.4 is 5.32 Å². The van der Waals surface area contributed by atoms with Gasteiger partial charge >= 0.3 is 0 Å². The van der Waals surface area contributed by atoms with Gasteiger partial charge in [0.25, 0.3) is 0 Å². The largest absolute Gasteiger partial charge is 0.339 e. The Labute approximate surface area is 163 Å². The second-order valence-corrected chi connectivity index (χ2v) is 9.45. The van der Waals surface area contributed by atoms with Gasteiger partial charge in [-0.15, -0.1) is 0 Å². The first kappa shape index (κ1) is 20.3. The van der Waals surface area contributed by atoms with Crippen molar-refractivity contribution in [3.63, 3.8) is 0 Å². The molecule has 1 heterocycles. The standard InChI is InChI=1S/C20H31N3O3S/c1-17-8-6-7-11-19(17)27(25,26)23(18-9-4-2-3-5-10-18)16-20(24)22-14-12-21-13-15-22/h6-8,11,18,21H,2-5,9-10,12-16H2,1H3. The quantitative estimate of drug-likeness (QED) is 0.778.